The van der Waals surface area contributed by atoms with Crippen molar-refractivity contribution in [1.82, 2.24) is 9.88 Å². The van der Waals surface area contributed by atoms with Gasteiger partial charge < -0.3 is 10.2 Å². The first-order valence-electron chi connectivity index (χ1n) is 6.22. The summed E-state index contributed by atoms with van der Waals surface area (Å²) in [7, 11) is 3.39. The standard InChI is InChI=1S/C15H14BrN3O2/c1-19(2)15(21)10-3-5-12(6-4-10)18-14(20)11-7-8-17-13(16)9-11/h3-9H,1-2H3,(H,18,20). The number of nitrogens with zero attached hydrogens (tertiary/aromatic N) is 2. The lowest BCUT2D eigenvalue weighted by Crippen LogP contribution is -2.21. The molecule has 1 aromatic heterocycles. The van der Waals surface area contributed by atoms with Crippen LogP contribution in [0.2, 0.25) is 0 Å². The zero-order valence-corrected chi connectivity index (χ0v) is 13.2. The number of hydrogen-bond acceptors (Lipinski definition) is 3. The number of pyridine rings is 1. The first kappa shape index (κ1) is 15.2. The van der Waals surface area contributed by atoms with Crippen LogP contribution in [0.1, 0.15) is 20.7 Å². The summed E-state index contributed by atoms with van der Waals surface area (Å²) in [5.74, 6) is -0.310. The van der Waals surface area contributed by atoms with Crippen molar-refractivity contribution in [2.45, 2.75) is 0 Å². The van der Waals surface area contributed by atoms with E-state index >= 15 is 0 Å². The van der Waals surface area contributed by atoms with Gasteiger partial charge in [-0.25, -0.2) is 4.98 Å². The van der Waals surface area contributed by atoms with Gasteiger partial charge in [-0.2, -0.15) is 0 Å². The molecule has 0 radical (unpaired) electrons. The maximum atomic E-state index is 12.1. The Balaban J connectivity index is 2.10. The lowest BCUT2D eigenvalue weighted by Gasteiger charge is -2.11. The van der Waals surface area contributed by atoms with Crippen molar-refractivity contribution in [3.05, 3.63) is 58.3 Å². The molecular weight excluding hydrogens is 334 g/mol. The molecule has 108 valence electrons. The smallest absolute Gasteiger partial charge is 0.255 e. The molecule has 0 aliphatic rings. The van der Waals surface area contributed by atoms with Gasteiger partial charge in [0, 0.05) is 37.1 Å². The van der Waals surface area contributed by atoms with E-state index in [2.05, 4.69) is 26.2 Å². The number of rotatable bonds is 3. The van der Waals surface area contributed by atoms with Gasteiger partial charge in [0.15, 0.2) is 0 Å². The number of hydrogen-bond donors (Lipinski definition) is 1. The molecule has 0 aliphatic carbocycles. The summed E-state index contributed by atoms with van der Waals surface area (Å²) < 4.78 is 0.599. The summed E-state index contributed by atoms with van der Waals surface area (Å²) in [4.78, 5) is 29.3. The Morgan fingerprint density at radius 3 is 2.33 bits per heavy atom. The van der Waals surface area contributed by atoms with Crippen molar-refractivity contribution in [3.8, 4) is 0 Å². The Morgan fingerprint density at radius 2 is 1.76 bits per heavy atom. The largest absolute Gasteiger partial charge is 0.345 e. The Labute approximate surface area is 131 Å². The second-order valence-corrected chi connectivity index (χ2v) is 5.41. The summed E-state index contributed by atoms with van der Waals surface area (Å²) in [6, 6.07) is 10.0. The first-order chi connectivity index (χ1) is 9.97. The van der Waals surface area contributed by atoms with Crippen LogP contribution in [0, 0.1) is 0 Å². The number of halogens is 1. The predicted octanol–water partition coefficient (Wildman–Crippen LogP) is 2.80. The average molecular weight is 348 g/mol. The number of amides is 2. The lowest BCUT2D eigenvalue weighted by molar-refractivity contribution is 0.0827. The van der Waals surface area contributed by atoms with Gasteiger partial charge in [0.25, 0.3) is 11.8 Å². The van der Waals surface area contributed by atoms with Crippen LogP contribution in [-0.4, -0.2) is 35.8 Å². The molecule has 0 fully saturated rings. The zero-order chi connectivity index (χ0) is 15.4. The Morgan fingerprint density at radius 1 is 1.10 bits per heavy atom. The quantitative estimate of drug-likeness (QED) is 0.868. The molecule has 1 aromatic carbocycles. The normalized spacial score (nSPS) is 10.0. The van der Waals surface area contributed by atoms with Gasteiger partial charge >= 0.3 is 0 Å². The Kier molecular flexibility index (Phi) is 4.70. The third-order valence-electron chi connectivity index (χ3n) is 2.78. The van der Waals surface area contributed by atoms with Crippen LogP contribution in [0.4, 0.5) is 5.69 Å². The van der Waals surface area contributed by atoms with Gasteiger partial charge in [0.2, 0.25) is 0 Å². The van der Waals surface area contributed by atoms with Crippen molar-refractivity contribution in [1.29, 1.82) is 0 Å². The van der Waals surface area contributed by atoms with Crippen molar-refractivity contribution in [2.24, 2.45) is 0 Å². The fourth-order valence-corrected chi connectivity index (χ4v) is 2.07. The lowest BCUT2D eigenvalue weighted by atomic mass is 10.2. The number of carbonyl (C=O) groups excluding carboxylic acids is 2. The SMILES string of the molecule is CN(C)C(=O)c1ccc(NC(=O)c2ccnc(Br)c2)cc1. The summed E-state index contributed by atoms with van der Waals surface area (Å²) in [6.07, 6.45) is 1.55. The summed E-state index contributed by atoms with van der Waals surface area (Å²) in [5, 5.41) is 2.77. The fourth-order valence-electron chi connectivity index (χ4n) is 1.70. The minimum atomic E-state index is -0.232. The highest BCUT2D eigenvalue weighted by Gasteiger charge is 2.09. The van der Waals surface area contributed by atoms with Crippen molar-refractivity contribution >= 4 is 33.4 Å². The molecule has 1 heterocycles. The molecule has 2 amide bonds. The minimum absolute atomic E-state index is 0.0778. The van der Waals surface area contributed by atoms with E-state index < -0.39 is 0 Å². The number of aromatic nitrogens is 1. The highest BCUT2D eigenvalue weighted by Crippen LogP contribution is 2.14. The van der Waals surface area contributed by atoms with Crippen LogP contribution in [0.3, 0.4) is 0 Å². The number of carbonyl (C=O) groups is 2. The molecule has 2 aromatic rings. The van der Waals surface area contributed by atoms with Crippen LogP contribution >= 0.6 is 15.9 Å². The molecule has 6 heteroatoms. The van der Waals surface area contributed by atoms with Crippen LogP contribution in [0.5, 0.6) is 0 Å². The van der Waals surface area contributed by atoms with E-state index in [0.29, 0.717) is 21.4 Å². The highest BCUT2D eigenvalue weighted by atomic mass is 79.9. The molecule has 1 N–H and O–H groups in total. The van der Waals surface area contributed by atoms with Gasteiger partial charge in [-0.15, -0.1) is 0 Å². The molecule has 0 spiro atoms. The van der Waals surface area contributed by atoms with E-state index in [0.717, 1.165) is 0 Å². The summed E-state index contributed by atoms with van der Waals surface area (Å²) in [5.41, 5.74) is 1.71. The minimum Gasteiger partial charge on any atom is -0.345 e. The molecule has 0 unspecified atom stereocenters. The maximum absolute atomic E-state index is 12.1. The summed E-state index contributed by atoms with van der Waals surface area (Å²) in [6.45, 7) is 0. The second-order valence-electron chi connectivity index (χ2n) is 4.60. The highest BCUT2D eigenvalue weighted by molar-refractivity contribution is 9.10. The van der Waals surface area contributed by atoms with Gasteiger partial charge in [-0.1, -0.05) is 0 Å². The van der Waals surface area contributed by atoms with E-state index in [1.807, 2.05) is 0 Å². The molecule has 0 bridgehead atoms. The second kappa shape index (κ2) is 6.49. The molecule has 0 atom stereocenters. The first-order valence-corrected chi connectivity index (χ1v) is 7.01. The van der Waals surface area contributed by atoms with Gasteiger partial charge in [-0.05, 0) is 52.3 Å². The number of benzene rings is 1. The monoisotopic (exact) mass is 347 g/mol. The third-order valence-corrected chi connectivity index (χ3v) is 3.22. The van der Waals surface area contributed by atoms with Crippen molar-refractivity contribution in [2.75, 3.05) is 19.4 Å². The number of anilines is 1. The maximum Gasteiger partial charge on any atom is 0.255 e. The predicted molar refractivity (Wildman–Crippen MR) is 84.3 cm³/mol. The molecule has 0 saturated carbocycles. The van der Waals surface area contributed by atoms with E-state index in [1.165, 1.54) is 4.90 Å². The van der Waals surface area contributed by atoms with Gasteiger partial charge in [-0.3, -0.25) is 9.59 Å². The van der Waals surface area contributed by atoms with Crippen LogP contribution in [-0.2, 0) is 0 Å². The topological polar surface area (TPSA) is 62.3 Å². The molecule has 2 rings (SSSR count). The molecule has 0 aliphatic heterocycles. The van der Waals surface area contributed by atoms with Crippen LogP contribution in [0.15, 0.2) is 47.2 Å². The van der Waals surface area contributed by atoms with E-state index in [1.54, 1.807) is 56.7 Å². The average Bonchev–Trinajstić information content (AvgIpc) is 2.47. The fraction of sp³-hybridized carbons (Fsp3) is 0.133. The third kappa shape index (κ3) is 3.88. The van der Waals surface area contributed by atoms with E-state index in [4.69, 9.17) is 0 Å². The molecule has 0 saturated heterocycles. The summed E-state index contributed by atoms with van der Waals surface area (Å²) >= 11 is 3.22. The Bertz CT molecular complexity index is 669. The number of nitrogens with one attached hydrogen (secondary N) is 1. The molecular formula is C15H14BrN3O2. The van der Waals surface area contributed by atoms with Crippen molar-refractivity contribution in [3.63, 3.8) is 0 Å². The van der Waals surface area contributed by atoms with Gasteiger partial charge in [0.05, 0.1) is 0 Å². The van der Waals surface area contributed by atoms with Crippen molar-refractivity contribution < 1.29 is 9.59 Å². The van der Waals surface area contributed by atoms with E-state index in [-0.39, 0.29) is 11.8 Å². The van der Waals surface area contributed by atoms with Gasteiger partial charge in [0.1, 0.15) is 4.60 Å². The van der Waals surface area contributed by atoms with Crippen LogP contribution in [0.25, 0.3) is 0 Å². The zero-order valence-electron chi connectivity index (χ0n) is 11.6. The Hall–Kier alpha value is -2.21. The van der Waals surface area contributed by atoms with E-state index in [9.17, 15) is 9.59 Å². The molecule has 5 nitrogen and oxygen atoms in total. The molecule has 21 heavy (non-hydrogen) atoms. The van der Waals surface area contributed by atoms with Crippen LogP contribution < -0.4 is 5.32 Å².